The van der Waals surface area contributed by atoms with Gasteiger partial charge in [0, 0.05) is 31.2 Å². The van der Waals surface area contributed by atoms with E-state index in [0.29, 0.717) is 34.7 Å². The molecule has 2 aromatic heterocycles. The van der Waals surface area contributed by atoms with Crippen LogP contribution in [-0.4, -0.2) is 48.6 Å². The molecule has 0 spiro atoms. The third-order valence-electron chi connectivity index (χ3n) is 5.34. The third-order valence-corrected chi connectivity index (χ3v) is 8.48. The van der Waals surface area contributed by atoms with Gasteiger partial charge in [0.25, 0.3) is 15.9 Å². The fraction of sp³-hybridized carbons (Fsp3) is 0.286. The number of carbonyl (C=O) groups is 2. The number of nitrogens with zero attached hydrogens (tertiary/aromatic N) is 3. The molecule has 33 heavy (non-hydrogen) atoms. The summed E-state index contributed by atoms with van der Waals surface area (Å²) in [7, 11) is -1.26. The molecule has 3 heterocycles. The van der Waals surface area contributed by atoms with Crippen molar-refractivity contribution < 1.29 is 27.1 Å². The van der Waals surface area contributed by atoms with Gasteiger partial charge in [0.2, 0.25) is 0 Å². The van der Waals surface area contributed by atoms with Crippen molar-refractivity contribution in [2.75, 3.05) is 13.7 Å². The van der Waals surface area contributed by atoms with Crippen LogP contribution in [0.1, 0.15) is 36.9 Å². The first-order valence-corrected chi connectivity index (χ1v) is 12.3. The van der Waals surface area contributed by atoms with Gasteiger partial charge in [-0.15, -0.1) is 11.3 Å². The van der Waals surface area contributed by atoms with E-state index in [1.807, 2.05) is 0 Å². The lowest BCUT2D eigenvalue weighted by Crippen LogP contribution is -2.36. The Bertz CT molecular complexity index is 1330. The first-order chi connectivity index (χ1) is 15.7. The van der Waals surface area contributed by atoms with Crippen LogP contribution in [0.4, 0.5) is 4.39 Å². The van der Waals surface area contributed by atoms with E-state index in [4.69, 9.17) is 4.74 Å². The molecule has 0 unspecified atom stereocenters. The van der Waals surface area contributed by atoms with Crippen LogP contribution in [0.3, 0.4) is 0 Å². The van der Waals surface area contributed by atoms with E-state index in [1.54, 1.807) is 24.1 Å². The van der Waals surface area contributed by atoms with Crippen molar-refractivity contribution in [2.24, 2.45) is 7.05 Å². The maximum Gasteiger partial charge on any atom is 0.340 e. The summed E-state index contributed by atoms with van der Waals surface area (Å²) in [6.07, 6.45) is 1.83. The molecule has 0 radical (unpaired) electrons. The Hall–Kier alpha value is -3.09. The summed E-state index contributed by atoms with van der Waals surface area (Å²) in [6.45, 7) is 0.329. The highest BCUT2D eigenvalue weighted by Gasteiger charge is 2.35. The number of carbonyl (C=O) groups excluding carboxylic acids is 2. The highest BCUT2D eigenvalue weighted by molar-refractivity contribution is 7.91. The second-order valence-electron chi connectivity index (χ2n) is 7.43. The summed E-state index contributed by atoms with van der Waals surface area (Å²) in [5.41, 5.74) is 1.39. The van der Waals surface area contributed by atoms with Gasteiger partial charge in [0.15, 0.2) is 0 Å². The summed E-state index contributed by atoms with van der Waals surface area (Å²) in [6, 6.07) is 7.17. The van der Waals surface area contributed by atoms with Crippen LogP contribution in [0.25, 0.3) is 0 Å². The fourth-order valence-electron chi connectivity index (χ4n) is 3.69. The van der Waals surface area contributed by atoms with Gasteiger partial charge in [0.1, 0.15) is 15.7 Å². The lowest BCUT2D eigenvalue weighted by Gasteiger charge is -2.27. The number of rotatable bonds is 6. The van der Waals surface area contributed by atoms with Gasteiger partial charge < -0.3 is 9.64 Å². The molecule has 174 valence electrons. The molecule has 0 fully saturated rings. The number of sulfonamides is 1. The molecule has 0 aliphatic carbocycles. The number of thiophene rings is 1. The second kappa shape index (κ2) is 9.04. The summed E-state index contributed by atoms with van der Waals surface area (Å²) >= 11 is 0.932. The summed E-state index contributed by atoms with van der Waals surface area (Å²) < 4.78 is 48.2. The number of benzene rings is 1. The second-order valence-corrected chi connectivity index (χ2v) is 10.5. The molecule has 9 nitrogen and oxygen atoms in total. The fourth-order valence-corrected chi connectivity index (χ4v) is 6.65. The van der Waals surface area contributed by atoms with E-state index in [-0.39, 0.29) is 28.8 Å². The van der Waals surface area contributed by atoms with Gasteiger partial charge in [0.05, 0.1) is 19.2 Å². The van der Waals surface area contributed by atoms with Crippen molar-refractivity contribution >= 4 is 33.2 Å². The van der Waals surface area contributed by atoms with Crippen molar-refractivity contribution in [1.82, 2.24) is 19.4 Å². The number of amides is 1. The Balaban J connectivity index is 1.64. The van der Waals surface area contributed by atoms with Crippen LogP contribution < -0.4 is 4.72 Å². The number of aryl methyl sites for hydroxylation is 1. The van der Waals surface area contributed by atoms with Crippen LogP contribution in [0.15, 0.2) is 40.7 Å². The number of halogens is 1. The quantitative estimate of drug-likeness (QED) is 0.528. The Labute approximate surface area is 193 Å². The van der Waals surface area contributed by atoms with Crippen LogP contribution in [0, 0.1) is 5.82 Å². The molecule has 1 aromatic carbocycles. The molecule has 1 amide bonds. The molecule has 0 atom stereocenters. The van der Waals surface area contributed by atoms with E-state index in [9.17, 15) is 22.4 Å². The standard InChI is InChI=1S/C21H21FN4O5S2/c1-25-16(6-8-23-25)19(27)26-9-7-15-17(12-26)32-21(18(15)20(28)31-2)33(29,30)24-11-13-4-3-5-14(22)10-13/h3-6,8,10,24H,7,9,11-12H2,1-2H3. The Morgan fingerprint density at radius 1 is 1.30 bits per heavy atom. The molecule has 3 aromatic rings. The first kappa shape index (κ1) is 23.1. The summed E-state index contributed by atoms with van der Waals surface area (Å²) in [4.78, 5) is 27.6. The summed E-state index contributed by atoms with van der Waals surface area (Å²) in [5.74, 6) is -1.47. The average Bonchev–Trinajstić information content (AvgIpc) is 3.40. The van der Waals surface area contributed by atoms with Crippen molar-refractivity contribution in [3.63, 3.8) is 0 Å². The Morgan fingerprint density at radius 2 is 2.09 bits per heavy atom. The number of nitrogens with one attached hydrogen (secondary N) is 1. The minimum atomic E-state index is -4.11. The monoisotopic (exact) mass is 492 g/mol. The maximum atomic E-state index is 13.4. The largest absolute Gasteiger partial charge is 0.465 e. The van der Waals surface area contributed by atoms with Gasteiger partial charge in [-0.3, -0.25) is 9.48 Å². The van der Waals surface area contributed by atoms with Gasteiger partial charge in [-0.1, -0.05) is 12.1 Å². The van der Waals surface area contributed by atoms with Crippen molar-refractivity contribution in [2.45, 2.75) is 23.7 Å². The maximum absolute atomic E-state index is 13.4. The van der Waals surface area contributed by atoms with E-state index >= 15 is 0 Å². The molecular formula is C21H21FN4O5S2. The zero-order valence-corrected chi connectivity index (χ0v) is 19.5. The van der Waals surface area contributed by atoms with Crippen LogP contribution >= 0.6 is 11.3 Å². The average molecular weight is 493 g/mol. The minimum absolute atomic E-state index is 0.0168. The molecule has 0 bridgehead atoms. The van der Waals surface area contributed by atoms with Crippen molar-refractivity contribution in [3.8, 4) is 0 Å². The number of fused-ring (bicyclic) bond motifs is 1. The summed E-state index contributed by atoms with van der Waals surface area (Å²) in [5, 5.41) is 4.01. The van der Waals surface area contributed by atoms with E-state index in [0.717, 1.165) is 11.3 Å². The van der Waals surface area contributed by atoms with E-state index in [2.05, 4.69) is 9.82 Å². The van der Waals surface area contributed by atoms with Crippen molar-refractivity contribution in [3.05, 3.63) is 69.6 Å². The highest BCUT2D eigenvalue weighted by Crippen LogP contribution is 2.37. The number of methoxy groups -OCH3 is 1. The molecule has 1 aliphatic rings. The highest BCUT2D eigenvalue weighted by atomic mass is 32.2. The van der Waals surface area contributed by atoms with E-state index in [1.165, 1.54) is 36.2 Å². The van der Waals surface area contributed by atoms with Gasteiger partial charge in [-0.2, -0.15) is 5.10 Å². The SMILES string of the molecule is COC(=O)c1c(S(=O)(=O)NCc2cccc(F)c2)sc2c1CCN(C(=O)c1ccnn1C)C2. The van der Waals surface area contributed by atoms with Gasteiger partial charge in [-0.05, 0) is 35.7 Å². The molecule has 12 heteroatoms. The predicted octanol–water partition coefficient (Wildman–Crippen LogP) is 2.08. The molecule has 0 saturated carbocycles. The Kier molecular flexibility index (Phi) is 6.32. The number of hydrogen-bond donors (Lipinski definition) is 1. The van der Waals surface area contributed by atoms with Gasteiger partial charge in [-0.25, -0.2) is 22.3 Å². The van der Waals surface area contributed by atoms with E-state index < -0.39 is 21.8 Å². The molecule has 0 saturated heterocycles. The minimum Gasteiger partial charge on any atom is -0.465 e. The normalized spacial score (nSPS) is 13.6. The lowest BCUT2D eigenvalue weighted by molar-refractivity contribution is 0.0595. The zero-order valence-electron chi connectivity index (χ0n) is 17.9. The van der Waals surface area contributed by atoms with Crippen LogP contribution in [0.5, 0.6) is 0 Å². The smallest absolute Gasteiger partial charge is 0.340 e. The lowest BCUT2D eigenvalue weighted by atomic mass is 10.0. The molecular weight excluding hydrogens is 471 g/mol. The number of ether oxygens (including phenoxy) is 1. The predicted molar refractivity (Wildman–Crippen MR) is 118 cm³/mol. The third kappa shape index (κ3) is 4.54. The van der Waals surface area contributed by atoms with Crippen molar-refractivity contribution in [1.29, 1.82) is 0 Å². The van der Waals surface area contributed by atoms with Crippen LogP contribution in [-0.2, 0) is 41.3 Å². The molecule has 1 N–H and O–H groups in total. The van der Waals surface area contributed by atoms with Gasteiger partial charge >= 0.3 is 5.97 Å². The molecule has 4 rings (SSSR count). The topological polar surface area (TPSA) is 111 Å². The van der Waals surface area contributed by atoms with Crippen LogP contribution in [0.2, 0.25) is 0 Å². The first-order valence-electron chi connectivity index (χ1n) is 9.95. The Morgan fingerprint density at radius 3 is 2.76 bits per heavy atom. The number of esters is 1. The number of hydrogen-bond acceptors (Lipinski definition) is 7. The molecule has 1 aliphatic heterocycles. The number of aromatic nitrogens is 2. The zero-order chi connectivity index (χ0) is 23.8.